The van der Waals surface area contributed by atoms with Gasteiger partial charge in [0.1, 0.15) is 0 Å². The molecule has 1 unspecified atom stereocenters. The molecule has 1 atom stereocenters. The summed E-state index contributed by atoms with van der Waals surface area (Å²) in [4.78, 5) is 11.5. The molecule has 0 aromatic carbocycles. The van der Waals surface area contributed by atoms with E-state index in [9.17, 15) is 4.79 Å². The van der Waals surface area contributed by atoms with Gasteiger partial charge in [-0.2, -0.15) is 0 Å². The molecule has 1 amide bonds. The van der Waals surface area contributed by atoms with Crippen LogP contribution in [0.5, 0.6) is 0 Å². The number of hydrogen-bond donors (Lipinski definition) is 2. The molecule has 0 rings (SSSR count). The molecular weight excluding hydrogens is 192 g/mol. The first-order valence-corrected chi connectivity index (χ1v) is 5.54. The van der Waals surface area contributed by atoms with E-state index >= 15 is 0 Å². The third-order valence-corrected chi connectivity index (χ3v) is 2.42. The van der Waals surface area contributed by atoms with Crippen molar-refractivity contribution in [3.05, 3.63) is 0 Å². The summed E-state index contributed by atoms with van der Waals surface area (Å²) < 4.78 is 5.24. The Hall–Kier alpha value is -0.610. The number of nitrogens with one attached hydrogen (secondary N) is 1. The molecule has 0 radical (unpaired) electrons. The van der Waals surface area contributed by atoms with E-state index in [1.165, 1.54) is 0 Å². The van der Waals surface area contributed by atoms with E-state index in [1.54, 1.807) is 0 Å². The van der Waals surface area contributed by atoms with Crippen LogP contribution in [0.2, 0.25) is 0 Å². The average molecular weight is 216 g/mol. The predicted molar refractivity (Wildman–Crippen MR) is 61.6 cm³/mol. The van der Waals surface area contributed by atoms with E-state index in [0.717, 1.165) is 6.42 Å². The number of carbonyl (C=O) groups excluding carboxylic acids is 1. The summed E-state index contributed by atoms with van der Waals surface area (Å²) in [6, 6.07) is -0.0713. The maximum absolute atomic E-state index is 11.5. The maximum Gasteiger partial charge on any atom is 0.222 e. The van der Waals surface area contributed by atoms with Gasteiger partial charge < -0.3 is 15.8 Å². The normalized spacial score (nSPS) is 13.7. The van der Waals surface area contributed by atoms with Crippen molar-refractivity contribution in [2.24, 2.45) is 5.73 Å². The smallest absolute Gasteiger partial charge is 0.222 e. The average Bonchev–Trinajstić information content (AvgIpc) is 2.11. The molecule has 4 heteroatoms. The van der Waals surface area contributed by atoms with Crippen molar-refractivity contribution in [2.75, 3.05) is 13.2 Å². The fourth-order valence-corrected chi connectivity index (χ4v) is 0.947. The molecule has 0 aliphatic carbocycles. The quantitative estimate of drug-likeness (QED) is 0.625. The molecule has 90 valence electrons. The molecule has 0 heterocycles. The van der Waals surface area contributed by atoms with Gasteiger partial charge in [0.2, 0.25) is 5.91 Å². The van der Waals surface area contributed by atoms with Crippen molar-refractivity contribution in [3.63, 3.8) is 0 Å². The SMILES string of the molecule is CCCOCCC(=O)NC(C)(C)C(C)N. The number of nitrogens with two attached hydrogens (primary N) is 1. The first kappa shape index (κ1) is 14.4. The molecule has 0 saturated carbocycles. The molecule has 0 aromatic rings. The van der Waals surface area contributed by atoms with E-state index in [4.69, 9.17) is 10.5 Å². The lowest BCUT2D eigenvalue weighted by Crippen LogP contribution is -2.54. The molecule has 0 aromatic heterocycles. The van der Waals surface area contributed by atoms with Crippen LogP contribution in [0.1, 0.15) is 40.5 Å². The second-order valence-corrected chi connectivity index (χ2v) is 4.42. The summed E-state index contributed by atoms with van der Waals surface area (Å²) in [6.07, 6.45) is 1.38. The van der Waals surface area contributed by atoms with Crippen LogP contribution in [0.3, 0.4) is 0 Å². The third kappa shape index (κ3) is 6.47. The second-order valence-electron chi connectivity index (χ2n) is 4.42. The van der Waals surface area contributed by atoms with E-state index in [0.29, 0.717) is 19.6 Å². The molecule has 0 spiro atoms. The van der Waals surface area contributed by atoms with Gasteiger partial charge in [-0.3, -0.25) is 4.79 Å². The number of ether oxygens (including phenoxy) is 1. The minimum Gasteiger partial charge on any atom is -0.381 e. The largest absolute Gasteiger partial charge is 0.381 e. The Morgan fingerprint density at radius 1 is 1.47 bits per heavy atom. The first-order valence-electron chi connectivity index (χ1n) is 5.54. The number of hydrogen-bond acceptors (Lipinski definition) is 3. The lowest BCUT2D eigenvalue weighted by molar-refractivity contribution is -0.123. The topological polar surface area (TPSA) is 64.3 Å². The Morgan fingerprint density at radius 2 is 2.07 bits per heavy atom. The van der Waals surface area contributed by atoms with Crippen LogP contribution < -0.4 is 11.1 Å². The lowest BCUT2D eigenvalue weighted by Gasteiger charge is -2.30. The van der Waals surface area contributed by atoms with E-state index in [2.05, 4.69) is 5.32 Å². The number of amides is 1. The van der Waals surface area contributed by atoms with Gasteiger partial charge in [-0.25, -0.2) is 0 Å². The van der Waals surface area contributed by atoms with Crippen LogP contribution in [-0.4, -0.2) is 30.7 Å². The van der Waals surface area contributed by atoms with Gasteiger partial charge in [-0.05, 0) is 27.2 Å². The summed E-state index contributed by atoms with van der Waals surface area (Å²) in [6.45, 7) is 8.96. The molecule has 3 N–H and O–H groups in total. The third-order valence-electron chi connectivity index (χ3n) is 2.42. The fraction of sp³-hybridized carbons (Fsp3) is 0.909. The Bertz CT molecular complexity index is 191. The van der Waals surface area contributed by atoms with Gasteiger partial charge in [-0.15, -0.1) is 0 Å². The zero-order chi connectivity index (χ0) is 11.9. The molecule has 4 nitrogen and oxygen atoms in total. The van der Waals surface area contributed by atoms with Gasteiger partial charge in [0.15, 0.2) is 0 Å². The summed E-state index contributed by atoms with van der Waals surface area (Å²) in [7, 11) is 0. The lowest BCUT2D eigenvalue weighted by atomic mass is 9.97. The van der Waals surface area contributed by atoms with Crippen molar-refractivity contribution in [3.8, 4) is 0 Å². The second kappa shape index (κ2) is 6.80. The maximum atomic E-state index is 11.5. The van der Waals surface area contributed by atoms with Gasteiger partial charge in [0.25, 0.3) is 0 Å². The van der Waals surface area contributed by atoms with E-state index < -0.39 is 0 Å². The number of rotatable bonds is 7. The van der Waals surface area contributed by atoms with E-state index in [1.807, 2.05) is 27.7 Å². The molecule has 0 bridgehead atoms. The standard InChI is InChI=1S/C11H24N2O2/c1-5-7-15-8-6-10(14)13-11(3,4)9(2)12/h9H,5-8,12H2,1-4H3,(H,13,14). The summed E-state index contributed by atoms with van der Waals surface area (Å²) in [5, 5.41) is 2.89. The highest BCUT2D eigenvalue weighted by molar-refractivity contribution is 5.76. The van der Waals surface area contributed by atoms with Gasteiger partial charge in [0, 0.05) is 24.6 Å². The highest BCUT2D eigenvalue weighted by Gasteiger charge is 2.24. The Kier molecular flexibility index (Phi) is 6.52. The van der Waals surface area contributed by atoms with Crippen molar-refractivity contribution in [1.82, 2.24) is 5.32 Å². The highest BCUT2D eigenvalue weighted by atomic mass is 16.5. The van der Waals surface area contributed by atoms with Crippen molar-refractivity contribution in [2.45, 2.75) is 52.1 Å². The van der Waals surface area contributed by atoms with Gasteiger partial charge in [0.05, 0.1) is 6.61 Å². The van der Waals surface area contributed by atoms with Crippen molar-refractivity contribution >= 4 is 5.91 Å². The van der Waals surface area contributed by atoms with Crippen LogP contribution in [0.25, 0.3) is 0 Å². The Labute approximate surface area is 92.6 Å². The van der Waals surface area contributed by atoms with E-state index in [-0.39, 0.29) is 17.5 Å². The zero-order valence-corrected chi connectivity index (χ0v) is 10.3. The van der Waals surface area contributed by atoms with Gasteiger partial charge in [-0.1, -0.05) is 6.92 Å². The predicted octanol–water partition coefficient (Wildman–Crippen LogP) is 1.05. The van der Waals surface area contributed by atoms with Crippen LogP contribution in [0.4, 0.5) is 0 Å². The molecule has 0 saturated heterocycles. The molecule has 0 aliphatic heterocycles. The first-order chi connectivity index (χ1) is 6.90. The Balaban J connectivity index is 3.74. The molecule has 0 aliphatic rings. The Morgan fingerprint density at radius 3 is 2.53 bits per heavy atom. The summed E-state index contributed by atoms with van der Waals surface area (Å²) in [5.74, 6) is -0.00611. The fourth-order valence-electron chi connectivity index (χ4n) is 0.947. The molecule has 0 fully saturated rings. The summed E-state index contributed by atoms with van der Waals surface area (Å²) >= 11 is 0. The van der Waals surface area contributed by atoms with Crippen LogP contribution in [0, 0.1) is 0 Å². The van der Waals surface area contributed by atoms with Crippen molar-refractivity contribution in [1.29, 1.82) is 0 Å². The monoisotopic (exact) mass is 216 g/mol. The van der Waals surface area contributed by atoms with Gasteiger partial charge >= 0.3 is 0 Å². The van der Waals surface area contributed by atoms with Crippen LogP contribution in [0.15, 0.2) is 0 Å². The van der Waals surface area contributed by atoms with Crippen molar-refractivity contribution < 1.29 is 9.53 Å². The molecule has 15 heavy (non-hydrogen) atoms. The van der Waals surface area contributed by atoms with Crippen LogP contribution in [-0.2, 0) is 9.53 Å². The number of carbonyl (C=O) groups is 1. The zero-order valence-electron chi connectivity index (χ0n) is 10.3. The summed E-state index contributed by atoms with van der Waals surface area (Å²) in [5.41, 5.74) is 5.39. The van der Waals surface area contributed by atoms with Crippen LogP contribution >= 0.6 is 0 Å². The molecular formula is C11H24N2O2. The minimum absolute atomic E-state index is 0.00611. The minimum atomic E-state index is -0.359. The highest BCUT2D eigenvalue weighted by Crippen LogP contribution is 2.06.